The van der Waals surface area contributed by atoms with Crippen molar-refractivity contribution < 1.29 is 10.2 Å². The molecule has 0 aromatic heterocycles. The van der Waals surface area contributed by atoms with Gasteiger partial charge in [0.05, 0.1) is 12.1 Å². The zero-order chi connectivity index (χ0) is 26.7. The molecule has 36 heavy (non-hydrogen) atoms. The molecular formula is C32H46N2O2. The van der Waals surface area contributed by atoms with Crippen molar-refractivity contribution >= 4 is 12.4 Å². The first-order valence-corrected chi connectivity index (χ1v) is 13.4. The van der Waals surface area contributed by atoms with Crippen molar-refractivity contribution in [3.05, 3.63) is 57.6 Å². The molecule has 0 aliphatic heterocycles. The third-order valence-corrected chi connectivity index (χ3v) is 6.75. The topological polar surface area (TPSA) is 65.2 Å². The maximum Gasteiger partial charge on any atom is 0.127 e. The lowest BCUT2D eigenvalue weighted by atomic mass is 9.87. The van der Waals surface area contributed by atoms with Crippen LogP contribution in [0.15, 0.2) is 34.3 Å². The van der Waals surface area contributed by atoms with Crippen molar-refractivity contribution in [2.45, 2.75) is 106 Å². The van der Waals surface area contributed by atoms with Crippen molar-refractivity contribution in [1.29, 1.82) is 0 Å². The Morgan fingerprint density at radius 3 is 1.39 bits per heavy atom. The summed E-state index contributed by atoms with van der Waals surface area (Å²) in [5.41, 5.74) is 6.13. The normalized spacial score (nSPS) is 19.4. The van der Waals surface area contributed by atoms with Gasteiger partial charge in [-0.2, -0.15) is 0 Å². The highest BCUT2D eigenvalue weighted by Crippen LogP contribution is 2.30. The molecule has 0 heterocycles. The van der Waals surface area contributed by atoms with Crippen LogP contribution in [0.25, 0.3) is 0 Å². The van der Waals surface area contributed by atoms with Crippen molar-refractivity contribution in [1.82, 2.24) is 0 Å². The zero-order valence-corrected chi connectivity index (χ0v) is 23.7. The standard InChI is InChI=1S/C32H46N2O2/c1-21-13-23(17-31(3,4)5)15-25(29(21)35)19-33-27-11-9-10-12-28(27)34-20-26-16-24(18-32(6,7)8)14-22(2)30(26)36/h13-16,19-20,27-28,35-36H,9-12,17-18H2,1-8H3. The fourth-order valence-electron chi connectivity index (χ4n) is 5.19. The number of aryl methyl sites for hydroxylation is 2. The van der Waals surface area contributed by atoms with Crippen LogP contribution < -0.4 is 0 Å². The average Bonchev–Trinajstić information content (AvgIpc) is 2.75. The van der Waals surface area contributed by atoms with Crippen LogP contribution in [0.3, 0.4) is 0 Å². The Balaban J connectivity index is 1.84. The minimum atomic E-state index is 0.0713. The van der Waals surface area contributed by atoms with Crippen LogP contribution in [-0.2, 0) is 12.8 Å². The second-order valence-corrected chi connectivity index (χ2v) is 13.2. The number of aliphatic imine (C=N–C) groups is 2. The molecule has 196 valence electrons. The Hall–Kier alpha value is -2.62. The fourth-order valence-corrected chi connectivity index (χ4v) is 5.19. The van der Waals surface area contributed by atoms with E-state index in [-0.39, 0.29) is 22.9 Å². The van der Waals surface area contributed by atoms with E-state index in [1.807, 2.05) is 26.3 Å². The Labute approximate surface area is 218 Å². The van der Waals surface area contributed by atoms with E-state index >= 15 is 0 Å². The predicted molar refractivity (Wildman–Crippen MR) is 153 cm³/mol. The van der Waals surface area contributed by atoms with Crippen LogP contribution in [-0.4, -0.2) is 34.7 Å². The molecule has 0 radical (unpaired) electrons. The fraction of sp³-hybridized carbons (Fsp3) is 0.562. The molecule has 0 amide bonds. The molecule has 2 atom stereocenters. The van der Waals surface area contributed by atoms with E-state index in [9.17, 15) is 10.2 Å². The van der Waals surface area contributed by atoms with Gasteiger partial charge in [0.1, 0.15) is 11.5 Å². The predicted octanol–water partition coefficient (Wildman–Crippen LogP) is 7.74. The number of benzene rings is 2. The molecule has 1 fully saturated rings. The van der Waals surface area contributed by atoms with E-state index < -0.39 is 0 Å². The minimum absolute atomic E-state index is 0.0713. The molecular weight excluding hydrogens is 444 g/mol. The molecule has 4 nitrogen and oxygen atoms in total. The van der Waals surface area contributed by atoms with Crippen LogP contribution in [0.4, 0.5) is 0 Å². The number of hydrogen-bond donors (Lipinski definition) is 2. The molecule has 3 rings (SSSR count). The van der Waals surface area contributed by atoms with E-state index in [4.69, 9.17) is 9.98 Å². The van der Waals surface area contributed by atoms with E-state index in [0.29, 0.717) is 11.5 Å². The quantitative estimate of drug-likeness (QED) is 0.407. The third kappa shape index (κ3) is 7.94. The highest BCUT2D eigenvalue weighted by Gasteiger charge is 2.24. The summed E-state index contributed by atoms with van der Waals surface area (Å²) in [7, 11) is 0. The Morgan fingerprint density at radius 1 is 0.694 bits per heavy atom. The Kier molecular flexibility index (Phi) is 8.69. The first-order chi connectivity index (χ1) is 16.7. The van der Waals surface area contributed by atoms with Gasteiger partial charge >= 0.3 is 0 Å². The van der Waals surface area contributed by atoms with Gasteiger partial charge in [0.2, 0.25) is 0 Å². The summed E-state index contributed by atoms with van der Waals surface area (Å²) in [6, 6.07) is 8.44. The molecule has 0 spiro atoms. The summed E-state index contributed by atoms with van der Waals surface area (Å²) >= 11 is 0. The van der Waals surface area contributed by atoms with Gasteiger partial charge in [0.15, 0.2) is 0 Å². The first kappa shape index (κ1) is 28.0. The number of nitrogens with zero attached hydrogens (tertiary/aromatic N) is 2. The molecule has 4 heteroatoms. The van der Waals surface area contributed by atoms with E-state index in [2.05, 4.69) is 65.8 Å². The number of aromatic hydroxyl groups is 2. The molecule has 1 aliphatic carbocycles. The van der Waals surface area contributed by atoms with Gasteiger partial charge in [-0.15, -0.1) is 0 Å². The van der Waals surface area contributed by atoms with E-state index in [1.54, 1.807) is 0 Å². The zero-order valence-electron chi connectivity index (χ0n) is 23.7. The van der Waals surface area contributed by atoms with Gasteiger partial charge in [-0.1, -0.05) is 66.5 Å². The monoisotopic (exact) mass is 490 g/mol. The Morgan fingerprint density at radius 2 is 1.06 bits per heavy atom. The second kappa shape index (κ2) is 11.2. The summed E-state index contributed by atoms with van der Waals surface area (Å²) < 4.78 is 0. The minimum Gasteiger partial charge on any atom is -0.507 e. The van der Waals surface area contributed by atoms with Gasteiger partial charge in [-0.25, -0.2) is 0 Å². The van der Waals surface area contributed by atoms with Crippen molar-refractivity contribution in [2.75, 3.05) is 0 Å². The first-order valence-electron chi connectivity index (χ1n) is 13.4. The van der Waals surface area contributed by atoms with Crippen LogP contribution >= 0.6 is 0 Å². The van der Waals surface area contributed by atoms with Crippen molar-refractivity contribution in [2.24, 2.45) is 20.8 Å². The molecule has 2 aromatic carbocycles. The average molecular weight is 491 g/mol. The number of phenols is 2. The highest BCUT2D eigenvalue weighted by molar-refractivity contribution is 5.85. The summed E-state index contributed by atoms with van der Waals surface area (Å²) in [5, 5.41) is 21.4. The van der Waals surface area contributed by atoms with Gasteiger partial charge in [0.25, 0.3) is 0 Å². The highest BCUT2D eigenvalue weighted by atomic mass is 16.3. The lowest BCUT2D eigenvalue weighted by Crippen LogP contribution is -2.27. The number of rotatable bonds is 6. The molecule has 1 saturated carbocycles. The smallest absolute Gasteiger partial charge is 0.127 e. The van der Waals surface area contributed by atoms with Gasteiger partial charge < -0.3 is 10.2 Å². The van der Waals surface area contributed by atoms with Crippen LogP contribution in [0.5, 0.6) is 11.5 Å². The largest absolute Gasteiger partial charge is 0.507 e. The SMILES string of the molecule is Cc1cc(CC(C)(C)C)cc(C=NC2CCCCC2N=Cc2cc(CC(C)(C)C)cc(C)c2O)c1O. The summed E-state index contributed by atoms with van der Waals surface area (Å²) in [4.78, 5) is 9.86. The van der Waals surface area contributed by atoms with E-state index in [0.717, 1.165) is 60.8 Å². The molecule has 0 bridgehead atoms. The molecule has 2 unspecified atom stereocenters. The molecule has 2 N–H and O–H groups in total. The number of hydrogen-bond acceptors (Lipinski definition) is 4. The molecule has 2 aromatic rings. The molecule has 0 saturated heterocycles. The van der Waals surface area contributed by atoms with Crippen molar-refractivity contribution in [3.63, 3.8) is 0 Å². The van der Waals surface area contributed by atoms with Crippen LogP contribution in [0, 0.1) is 24.7 Å². The number of phenolic OH excluding ortho intramolecular Hbond substituents is 2. The summed E-state index contributed by atoms with van der Waals surface area (Å²) in [6.45, 7) is 17.3. The second-order valence-electron chi connectivity index (χ2n) is 13.2. The van der Waals surface area contributed by atoms with Crippen LogP contribution in [0.2, 0.25) is 0 Å². The third-order valence-electron chi connectivity index (χ3n) is 6.75. The van der Waals surface area contributed by atoms with Gasteiger partial charge in [-0.3, -0.25) is 9.98 Å². The lowest BCUT2D eigenvalue weighted by molar-refractivity contribution is 0.390. The van der Waals surface area contributed by atoms with Gasteiger partial charge in [0, 0.05) is 23.6 Å². The lowest BCUT2D eigenvalue weighted by Gasteiger charge is -2.26. The Bertz CT molecular complexity index is 1030. The van der Waals surface area contributed by atoms with E-state index in [1.165, 1.54) is 11.1 Å². The van der Waals surface area contributed by atoms with Gasteiger partial charge in [-0.05, 0) is 84.7 Å². The maximum atomic E-state index is 10.7. The van der Waals surface area contributed by atoms with Crippen LogP contribution in [0.1, 0.15) is 101 Å². The summed E-state index contributed by atoms with van der Waals surface area (Å²) in [6.07, 6.45) is 9.81. The summed E-state index contributed by atoms with van der Waals surface area (Å²) in [5.74, 6) is 0.617. The molecule has 1 aliphatic rings. The maximum absolute atomic E-state index is 10.7. The van der Waals surface area contributed by atoms with Crippen molar-refractivity contribution in [3.8, 4) is 11.5 Å².